The predicted molar refractivity (Wildman–Crippen MR) is 412 cm³/mol. The number of piperidine rings is 1. The van der Waals surface area contributed by atoms with Crippen molar-refractivity contribution >= 4 is 80.8 Å². The molecule has 4 aliphatic rings. The van der Waals surface area contributed by atoms with E-state index < -0.39 is 155 Å². The summed E-state index contributed by atoms with van der Waals surface area (Å²) >= 11 is 1.78. The number of aromatic nitrogens is 1. The lowest BCUT2D eigenvalue weighted by atomic mass is 9.70. The minimum atomic E-state index is -2.43. The normalized spacial score (nSPS) is 24.4. The van der Waals surface area contributed by atoms with E-state index in [0.29, 0.717) is 59.7 Å². The average Bonchev–Trinajstić information content (AvgIpc) is 1.67. The number of benzene rings is 5. The van der Waals surface area contributed by atoms with Crippen molar-refractivity contribution in [1.82, 2.24) is 31.2 Å². The number of amides is 3. The third-order valence-electron chi connectivity index (χ3n) is 22.2. The summed E-state index contributed by atoms with van der Waals surface area (Å²) in [6.45, 7) is 2.79. The number of aliphatic hydroxyl groups is 1. The first-order chi connectivity index (χ1) is 52.5. The van der Waals surface area contributed by atoms with E-state index in [9.17, 15) is 32.7 Å². The zero-order valence-corrected chi connectivity index (χ0v) is 62.9. The number of thioether (sulfide) groups is 1. The number of fused-ring (bicyclic) bond motifs is 3. The van der Waals surface area contributed by atoms with Gasteiger partial charge in [-0.05, 0) is 154 Å². The molecule has 584 valence electrons. The first-order valence-corrected chi connectivity index (χ1v) is 39.6. The Balaban J connectivity index is 0.979. The molecule has 0 radical (unpaired) electrons. The van der Waals surface area contributed by atoms with Crippen molar-refractivity contribution in [2.45, 2.75) is 184 Å². The van der Waals surface area contributed by atoms with Gasteiger partial charge < -0.3 is 53.5 Å². The fraction of sp³-hybridized carbons (Fsp3) is 0.488. The van der Waals surface area contributed by atoms with E-state index in [0.717, 1.165) is 42.5 Å². The quantitative estimate of drug-likeness (QED) is 0.00719. The number of nitrogens with one attached hydrogen (secondary N) is 5. The molecule has 2 aliphatic heterocycles. The van der Waals surface area contributed by atoms with Crippen LogP contribution in [0, 0.1) is 58.7 Å². The molecule has 0 spiro atoms. The van der Waals surface area contributed by atoms with E-state index >= 15 is 32.8 Å². The van der Waals surface area contributed by atoms with Crippen LogP contribution in [0.2, 0.25) is 0 Å². The topological polar surface area (TPSA) is 314 Å². The number of halogens is 5. The number of allylic oxidation sites excluding steroid dienone is 1. The number of rotatable bonds is 23. The van der Waals surface area contributed by atoms with Crippen molar-refractivity contribution in [3.63, 3.8) is 0 Å². The second-order valence-electron chi connectivity index (χ2n) is 30.1. The van der Waals surface area contributed by atoms with Gasteiger partial charge in [0.2, 0.25) is 23.5 Å². The van der Waals surface area contributed by atoms with Crippen LogP contribution in [0.3, 0.4) is 0 Å². The summed E-state index contributed by atoms with van der Waals surface area (Å²) in [6.07, 6.45) is 3.30. The standard InChI is InChI=1S/C84H103F5N10O9S/c1-49(100)80-73(105)44-57(39-63-75(85)77(87)79(89)78(88)76(63)86)69(101)29-11-5-10-28-65(93-34-35-109-48-52-37-62-61-26-16-23-53-30-31-54(74(53)61)41-68(62)99(2)47-52)70(102)42-56(24-17-33-94-84(91)92)81(106)96-66(38-51-20-8-4-9-21-51)72(104)45-58(36-50-18-6-3-7-19-50)83(108)97-67(40-59-46-95-64-27-13-12-25-60(59)64)71(103)43-55(82(107)98-80)22-14-15-32-90/h3-4,6-9,12-13,16,18-21,23,25-27,31,46,49,52,55-58,62,65-68,80,93,95,100H,5,10-11,14-15,17,22,24,28-30,32-45,47-48,90H2,1-2H3,(H,96,106)(H,97,108)(H,98,107)(H4,91,92,94)/t49-,52-,55-,56-,57-,58-,62-,65-,66+,67-,68-,80+/m1/s1. The molecular weight excluding hydrogens is 1420 g/mol. The number of ketones is 5. The number of hydrogen-bond donors (Lipinski definition) is 9. The van der Waals surface area contributed by atoms with Crippen molar-refractivity contribution in [3.8, 4) is 0 Å². The van der Waals surface area contributed by atoms with Gasteiger partial charge in [0.1, 0.15) is 11.8 Å². The highest BCUT2D eigenvalue weighted by Crippen LogP contribution is 2.49. The molecule has 25 heteroatoms. The third-order valence-corrected chi connectivity index (χ3v) is 23.4. The summed E-state index contributed by atoms with van der Waals surface area (Å²) in [7, 11) is 2.21. The van der Waals surface area contributed by atoms with Crippen LogP contribution in [0.5, 0.6) is 0 Å². The molecule has 12 N–H and O–H groups in total. The highest BCUT2D eigenvalue weighted by atomic mass is 32.2. The molecule has 19 nitrogen and oxygen atoms in total. The van der Waals surface area contributed by atoms with Gasteiger partial charge in [-0.25, -0.2) is 22.0 Å². The summed E-state index contributed by atoms with van der Waals surface area (Å²) in [6, 6.07) is 27.0. The van der Waals surface area contributed by atoms with Gasteiger partial charge in [-0.1, -0.05) is 122 Å². The molecule has 12 atom stereocenters. The summed E-state index contributed by atoms with van der Waals surface area (Å²) in [4.78, 5) is 131. The van der Waals surface area contributed by atoms with Crippen LogP contribution in [0.4, 0.5) is 22.0 Å². The maximum absolute atomic E-state index is 15.6. The van der Waals surface area contributed by atoms with Crippen LogP contribution in [0.25, 0.3) is 16.5 Å². The van der Waals surface area contributed by atoms with Crippen molar-refractivity contribution in [3.05, 3.63) is 183 Å². The molecule has 2 fully saturated rings. The number of nitrogens with zero attached hydrogens (tertiary/aromatic N) is 2. The van der Waals surface area contributed by atoms with E-state index in [4.69, 9.17) is 17.2 Å². The molecule has 0 bridgehead atoms. The minimum absolute atomic E-state index is 0.000591. The molecule has 2 saturated heterocycles. The summed E-state index contributed by atoms with van der Waals surface area (Å²) in [5.41, 5.74) is 24.4. The Morgan fingerprint density at radius 1 is 0.642 bits per heavy atom. The molecule has 10 rings (SSSR count). The smallest absolute Gasteiger partial charge is 0.224 e. The first-order valence-electron chi connectivity index (χ1n) is 38.4. The number of carbonyl (C=O) groups excluding carboxylic acids is 8. The van der Waals surface area contributed by atoms with Crippen molar-refractivity contribution < 1.29 is 65.4 Å². The summed E-state index contributed by atoms with van der Waals surface area (Å²) in [5.74, 6) is -20.1. The molecular formula is C84H103F5N10O9S. The minimum Gasteiger partial charge on any atom is -0.391 e. The second kappa shape index (κ2) is 39.7. The van der Waals surface area contributed by atoms with Gasteiger partial charge in [0.05, 0.1) is 24.2 Å². The monoisotopic (exact) mass is 1520 g/mol. The highest BCUT2D eigenvalue weighted by molar-refractivity contribution is 7.99. The molecule has 1 aromatic heterocycles. The van der Waals surface area contributed by atoms with Gasteiger partial charge in [-0.3, -0.25) is 43.3 Å². The average molecular weight is 1520 g/mol. The predicted octanol–water partition coefficient (Wildman–Crippen LogP) is 10.1. The second-order valence-corrected chi connectivity index (χ2v) is 31.3. The first kappa shape index (κ1) is 82.7. The molecule has 6 aromatic rings. The van der Waals surface area contributed by atoms with Gasteiger partial charge in [0, 0.05) is 122 Å². The fourth-order valence-electron chi connectivity index (χ4n) is 16.4. The van der Waals surface area contributed by atoms with Crippen LogP contribution in [-0.2, 0) is 70.5 Å². The van der Waals surface area contributed by atoms with Crippen molar-refractivity contribution in [1.29, 1.82) is 0 Å². The number of nitrogens with two attached hydrogens (primary N) is 3. The zero-order chi connectivity index (χ0) is 77.8. The Hall–Kier alpha value is -8.75. The molecule has 5 aromatic carbocycles. The number of hydrogen-bond acceptors (Lipinski definition) is 14. The number of aliphatic imine (C=N–C) groups is 1. The molecule has 3 amide bonds. The van der Waals surface area contributed by atoms with Gasteiger partial charge in [0.15, 0.2) is 52.4 Å². The van der Waals surface area contributed by atoms with Crippen molar-refractivity contribution in [2.24, 2.45) is 51.8 Å². The molecule has 3 heterocycles. The third kappa shape index (κ3) is 22.1. The maximum Gasteiger partial charge on any atom is 0.224 e. The lowest BCUT2D eigenvalue weighted by molar-refractivity contribution is -0.136. The van der Waals surface area contributed by atoms with Crippen LogP contribution in [0.1, 0.15) is 155 Å². The number of aliphatic hydroxyl groups excluding tert-OH is 1. The number of carbonyl (C=O) groups is 8. The van der Waals surface area contributed by atoms with E-state index in [1.165, 1.54) is 29.2 Å². The molecule has 2 aliphatic carbocycles. The lowest BCUT2D eigenvalue weighted by Crippen LogP contribution is -2.51. The number of unbranched alkanes of at least 4 members (excludes halogenated alkanes) is 1. The van der Waals surface area contributed by atoms with Crippen molar-refractivity contribution in [2.75, 3.05) is 44.7 Å². The van der Waals surface area contributed by atoms with E-state index in [1.54, 1.807) is 78.6 Å². The fourth-order valence-corrected chi connectivity index (χ4v) is 17.4. The number of para-hydroxylation sites is 1. The SMILES string of the molecule is C[C@@H](O)[C@@H]1NC(=O)[C@H](CCCCN)CC(=O)[C@@H](Cc2c[nH]c3ccccc23)NC(=O)[C@H](Cc2ccccc2)CC(=O)[C@H](Cc2ccccc2)NC(=O)[C@H](CCCN=C(N)N)CC(=O)[C@H](NCCSC[C@@H]2C[C@@H]3c4cccc5c4C(=CC5)C[C@H]3N(C)C2)CCCCCC(=O)[C@H](Cc2c(F)c(F)c(F)c(F)c2F)CC1=O. The largest absolute Gasteiger partial charge is 0.391 e. The number of Topliss-reactive ketones (excluding diaryl/α,β-unsaturated/α-hetero) is 5. The Morgan fingerprint density at radius 3 is 1.94 bits per heavy atom. The van der Waals surface area contributed by atoms with E-state index in [1.807, 2.05) is 24.3 Å². The molecule has 109 heavy (non-hydrogen) atoms. The lowest BCUT2D eigenvalue weighted by Gasteiger charge is -2.46. The Labute approximate surface area is 638 Å². The van der Waals surface area contributed by atoms with E-state index in [2.05, 4.69) is 67.5 Å². The van der Waals surface area contributed by atoms with E-state index in [-0.39, 0.29) is 102 Å². The Bertz CT molecular complexity index is 4220. The van der Waals surface area contributed by atoms with Gasteiger partial charge in [-0.15, -0.1) is 0 Å². The molecule has 0 unspecified atom stereocenters. The van der Waals surface area contributed by atoms with Crippen LogP contribution < -0.4 is 38.5 Å². The number of likely N-dealkylation sites (tertiary alicyclic amines) is 1. The van der Waals surface area contributed by atoms with Crippen LogP contribution in [0.15, 0.2) is 120 Å². The van der Waals surface area contributed by atoms with Crippen LogP contribution in [-0.4, -0.2) is 149 Å². The van der Waals surface area contributed by atoms with Crippen LogP contribution >= 0.6 is 11.8 Å². The number of guanidine groups is 1. The number of aromatic amines is 1. The Morgan fingerprint density at radius 2 is 1.26 bits per heavy atom. The van der Waals surface area contributed by atoms with Gasteiger partial charge in [-0.2, -0.15) is 11.8 Å². The Kier molecular flexibility index (Phi) is 30.2. The molecule has 0 saturated carbocycles. The van der Waals surface area contributed by atoms with Gasteiger partial charge in [0.25, 0.3) is 0 Å². The summed E-state index contributed by atoms with van der Waals surface area (Å²) in [5, 5.41) is 24.1. The maximum atomic E-state index is 15.6. The van der Waals surface area contributed by atoms with Gasteiger partial charge >= 0.3 is 0 Å². The highest BCUT2D eigenvalue weighted by Gasteiger charge is 2.43. The number of likely N-dealkylation sites (N-methyl/N-ethyl adjacent to an activating group) is 1. The zero-order valence-electron chi connectivity index (χ0n) is 62.1. The number of H-pyrrole nitrogens is 1. The summed E-state index contributed by atoms with van der Waals surface area (Å²) < 4.78 is 75.6.